The van der Waals surface area contributed by atoms with Crippen LogP contribution in [0.2, 0.25) is 0 Å². The van der Waals surface area contributed by atoms with E-state index in [0.29, 0.717) is 6.61 Å². The number of hydrogen-bond donors (Lipinski definition) is 1. The van der Waals surface area contributed by atoms with Crippen molar-refractivity contribution < 1.29 is 4.74 Å². The number of ether oxygens (including phenoxy) is 1. The highest BCUT2D eigenvalue weighted by molar-refractivity contribution is 7.98. The van der Waals surface area contributed by atoms with E-state index in [1.54, 1.807) is 18.4 Å². The van der Waals surface area contributed by atoms with Crippen molar-refractivity contribution in [2.75, 3.05) is 19.9 Å². The Balaban J connectivity index is 2.57. The number of nitrogens with zero attached hydrogens (tertiary/aromatic N) is 1. The van der Waals surface area contributed by atoms with Crippen LogP contribution in [0.25, 0.3) is 0 Å². The maximum Gasteiger partial charge on any atom is 0.103 e. The third-order valence-electron chi connectivity index (χ3n) is 2.12. The maximum atomic E-state index is 5.18. The van der Waals surface area contributed by atoms with Crippen LogP contribution in [0.3, 0.4) is 0 Å². The molecule has 98 valence electrons. The fourth-order valence-corrected chi connectivity index (χ4v) is 3.62. The Hall–Kier alpha value is -0.100. The summed E-state index contributed by atoms with van der Waals surface area (Å²) in [6.07, 6.45) is 0. The summed E-state index contributed by atoms with van der Waals surface area (Å²) in [4.78, 5) is 5.95. The molecule has 0 saturated carbocycles. The normalized spacial score (nSPS) is 11.4. The number of thiazole rings is 1. The van der Waals surface area contributed by atoms with E-state index in [1.807, 2.05) is 18.8 Å². The quantitative estimate of drug-likeness (QED) is 0.790. The van der Waals surface area contributed by atoms with Crippen LogP contribution in [0.15, 0.2) is 0 Å². The molecule has 1 aromatic rings. The number of thioether (sulfide) groups is 1. The molecule has 0 aliphatic rings. The summed E-state index contributed by atoms with van der Waals surface area (Å²) < 4.78 is 5.18. The molecule has 0 unspecified atom stereocenters. The zero-order valence-electron chi connectivity index (χ0n) is 11.1. The van der Waals surface area contributed by atoms with Crippen molar-refractivity contribution in [3.05, 3.63) is 15.6 Å². The largest absolute Gasteiger partial charge is 0.378 e. The SMILES string of the molecule is CNCc1sc(CSCC(C)C)nc1COC. The molecular formula is C12H22N2OS2. The average Bonchev–Trinajstić information content (AvgIpc) is 2.62. The molecule has 0 saturated heterocycles. The van der Waals surface area contributed by atoms with Gasteiger partial charge in [0.05, 0.1) is 12.3 Å². The molecule has 3 nitrogen and oxygen atoms in total. The summed E-state index contributed by atoms with van der Waals surface area (Å²) in [5.74, 6) is 2.96. The molecule has 0 spiro atoms. The minimum absolute atomic E-state index is 0.613. The number of nitrogens with one attached hydrogen (secondary N) is 1. The first-order chi connectivity index (χ1) is 8.17. The highest BCUT2D eigenvalue weighted by Gasteiger charge is 2.10. The first kappa shape index (κ1) is 15.0. The van der Waals surface area contributed by atoms with Gasteiger partial charge in [-0.05, 0) is 18.7 Å². The van der Waals surface area contributed by atoms with Gasteiger partial charge in [-0.25, -0.2) is 4.98 Å². The Morgan fingerprint density at radius 1 is 1.47 bits per heavy atom. The summed E-state index contributed by atoms with van der Waals surface area (Å²) in [6.45, 7) is 5.99. The van der Waals surface area contributed by atoms with Gasteiger partial charge in [0.15, 0.2) is 0 Å². The lowest BCUT2D eigenvalue weighted by Gasteiger charge is -2.01. The molecule has 1 heterocycles. The van der Waals surface area contributed by atoms with Crippen molar-refractivity contribution in [3.63, 3.8) is 0 Å². The van der Waals surface area contributed by atoms with Crippen molar-refractivity contribution in [2.45, 2.75) is 32.8 Å². The van der Waals surface area contributed by atoms with E-state index in [2.05, 4.69) is 24.1 Å². The second-order valence-electron chi connectivity index (χ2n) is 4.35. The van der Waals surface area contributed by atoms with Crippen LogP contribution in [-0.4, -0.2) is 24.9 Å². The Bertz CT molecular complexity index is 303. The van der Waals surface area contributed by atoms with Gasteiger partial charge < -0.3 is 10.1 Å². The van der Waals surface area contributed by atoms with Gasteiger partial charge in [-0.3, -0.25) is 0 Å². The molecule has 5 heteroatoms. The standard InChI is InChI=1S/C12H22N2OS2/c1-9(2)7-16-8-12-14-10(6-15-4)11(17-12)5-13-3/h9,13H,5-8H2,1-4H3. The first-order valence-corrected chi connectivity index (χ1v) is 7.83. The Kier molecular flexibility index (Phi) is 7.11. The Morgan fingerprint density at radius 2 is 2.24 bits per heavy atom. The van der Waals surface area contributed by atoms with Crippen molar-refractivity contribution in [1.29, 1.82) is 0 Å². The minimum Gasteiger partial charge on any atom is -0.378 e. The smallest absolute Gasteiger partial charge is 0.103 e. The zero-order chi connectivity index (χ0) is 12.7. The summed E-state index contributed by atoms with van der Waals surface area (Å²) in [7, 11) is 3.68. The molecule has 0 atom stereocenters. The van der Waals surface area contributed by atoms with E-state index < -0.39 is 0 Å². The molecule has 17 heavy (non-hydrogen) atoms. The van der Waals surface area contributed by atoms with Crippen LogP contribution in [-0.2, 0) is 23.6 Å². The summed E-state index contributed by atoms with van der Waals surface area (Å²) in [5.41, 5.74) is 1.09. The van der Waals surface area contributed by atoms with Crippen LogP contribution in [0.5, 0.6) is 0 Å². The molecule has 1 N–H and O–H groups in total. The summed E-state index contributed by atoms with van der Waals surface area (Å²) in [5, 5.41) is 4.39. The number of aromatic nitrogens is 1. The van der Waals surface area contributed by atoms with Gasteiger partial charge in [0, 0.05) is 24.3 Å². The van der Waals surface area contributed by atoms with E-state index in [9.17, 15) is 0 Å². The molecule has 0 amide bonds. The van der Waals surface area contributed by atoms with E-state index >= 15 is 0 Å². The molecular weight excluding hydrogens is 252 g/mol. The van der Waals surface area contributed by atoms with Crippen molar-refractivity contribution in [2.24, 2.45) is 5.92 Å². The van der Waals surface area contributed by atoms with Crippen molar-refractivity contribution in [1.82, 2.24) is 10.3 Å². The van der Waals surface area contributed by atoms with Gasteiger partial charge in [0.25, 0.3) is 0 Å². The molecule has 0 aliphatic carbocycles. The summed E-state index contributed by atoms with van der Waals surface area (Å²) >= 11 is 3.76. The predicted octanol–water partition coefficient (Wildman–Crippen LogP) is 2.90. The van der Waals surface area contributed by atoms with Gasteiger partial charge in [0.1, 0.15) is 5.01 Å². The van der Waals surface area contributed by atoms with E-state index in [-0.39, 0.29) is 0 Å². The fraction of sp³-hybridized carbons (Fsp3) is 0.750. The maximum absolute atomic E-state index is 5.18. The van der Waals surface area contributed by atoms with Gasteiger partial charge in [-0.2, -0.15) is 11.8 Å². The van der Waals surface area contributed by atoms with Gasteiger partial charge in [-0.1, -0.05) is 13.8 Å². The highest BCUT2D eigenvalue weighted by Crippen LogP contribution is 2.24. The van der Waals surface area contributed by atoms with E-state index in [0.717, 1.165) is 23.9 Å². The topological polar surface area (TPSA) is 34.2 Å². The van der Waals surface area contributed by atoms with Gasteiger partial charge >= 0.3 is 0 Å². The van der Waals surface area contributed by atoms with Crippen LogP contribution in [0.4, 0.5) is 0 Å². The molecule has 0 fully saturated rings. The number of rotatable bonds is 8. The second kappa shape index (κ2) is 8.08. The lowest BCUT2D eigenvalue weighted by atomic mass is 10.3. The number of methoxy groups -OCH3 is 1. The number of hydrogen-bond acceptors (Lipinski definition) is 5. The van der Waals surface area contributed by atoms with E-state index in [4.69, 9.17) is 4.74 Å². The Labute approximate surface area is 112 Å². The predicted molar refractivity (Wildman–Crippen MR) is 76.6 cm³/mol. The lowest BCUT2D eigenvalue weighted by Crippen LogP contribution is -2.06. The van der Waals surface area contributed by atoms with Gasteiger partial charge in [-0.15, -0.1) is 11.3 Å². The molecule has 1 aromatic heterocycles. The monoisotopic (exact) mass is 274 g/mol. The van der Waals surface area contributed by atoms with Crippen LogP contribution < -0.4 is 5.32 Å². The fourth-order valence-electron chi connectivity index (χ4n) is 1.43. The first-order valence-electron chi connectivity index (χ1n) is 5.86. The zero-order valence-corrected chi connectivity index (χ0v) is 12.7. The lowest BCUT2D eigenvalue weighted by molar-refractivity contribution is 0.181. The second-order valence-corrected chi connectivity index (χ2v) is 6.55. The van der Waals surface area contributed by atoms with Crippen molar-refractivity contribution >= 4 is 23.1 Å². The molecule has 0 aromatic carbocycles. The third kappa shape index (κ3) is 5.38. The molecule has 0 radical (unpaired) electrons. The van der Waals surface area contributed by atoms with Crippen LogP contribution in [0.1, 0.15) is 29.4 Å². The third-order valence-corrected chi connectivity index (χ3v) is 4.78. The average molecular weight is 274 g/mol. The minimum atomic E-state index is 0.613. The molecule has 0 aliphatic heterocycles. The van der Waals surface area contributed by atoms with Gasteiger partial charge in [0.2, 0.25) is 0 Å². The van der Waals surface area contributed by atoms with E-state index in [1.165, 1.54) is 15.6 Å². The molecule has 0 bridgehead atoms. The summed E-state index contributed by atoms with van der Waals surface area (Å²) in [6, 6.07) is 0. The van der Waals surface area contributed by atoms with Crippen molar-refractivity contribution in [3.8, 4) is 0 Å². The Morgan fingerprint density at radius 3 is 2.82 bits per heavy atom. The molecule has 1 rings (SSSR count). The highest BCUT2D eigenvalue weighted by atomic mass is 32.2. The van der Waals surface area contributed by atoms with Crippen LogP contribution in [0, 0.1) is 5.92 Å². The van der Waals surface area contributed by atoms with Crippen LogP contribution >= 0.6 is 23.1 Å².